The molecule has 1 aliphatic rings. The normalized spacial score (nSPS) is 14.5. The second-order valence-electron chi connectivity index (χ2n) is 1.56. The van der Waals surface area contributed by atoms with Crippen LogP contribution in [0.2, 0.25) is 0 Å². The minimum absolute atomic E-state index is 0.828. The van der Waals surface area contributed by atoms with Crippen LogP contribution in [0.15, 0.2) is 5.51 Å². The summed E-state index contributed by atoms with van der Waals surface area (Å²) in [5, 5.41) is 7.35. The van der Waals surface area contributed by atoms with E-state index in [1.54, 1.807) is 11.3 Å². The Balaban J connectivity index is 2.54. The van der Waals surface area contributed by atoms with Crippen molar-refractivity contribution in [3.8, 4) is 0 Å². The molecule has 0 fully saturated rings. The van der Waals surface area contributed by atoms with Crippen molar-refractivity contribution >= 4 is 22.2 Å². The van der Waals surface area contributed by atoms with E-state index in [0.717, 1.165) is 17.5 Å². The Morgan fingerprint density at radius 2 is 2.62 bits per heavy atom. The molecule has 2 N–H and O–H groups in total. The van der Waals surface area contributed by atoms with Crippen molar-refractivity contribution in [3.05, 3.63) is 5.51 Å². The highest BCUT2D eigenvalue weighted by atomic mass is 32.1. The van der Waals surface area contributed by atoms with Crippen molar-refractivity contribution < 1.29 is 0 Å². The van der Waals surface area contributed by atoms with Crippen LogP contribution >= 0.6 is 11.3 Å². The first-order chi connectivity index (χ1) is 3.97. The van der Waals surface area contributed by atoms with Crippen LogP contribution in [0, 0.1) is 0 Å². The zero-order chi connectivity index (χ0) is 5.40. The van der Waals surface area contributed by atoms with Gasteiger partial charge in [0.15, 0.2) is 5.82 Å². The van der Waals surface area contributed by atoms with Gasteiger partial charge in [-0.15, -0.1) is 11.3 Å². The van der Waals surface area contributed by atoms with Gasteiger partial charge in [0.25, 0.3) is 0 Å². The molecule has 8 heavy (non-hydrogen) atoms. The molecule has 0 bridgehead atoms. The molecule has 1 aliphatic heterocycles. The number of fused-ring (bicyclic) bond motifs is 1. The molecule has 0 spiro atoms. The minimum atomic E-state index is 0.828. The number of rotatable bonds is 0. The first kappa shape index (κ1) is 4.14. The van der Waals surface area contributed by atoms with Gasteiger partial charge in [0.05, 0.1) is 12.2 Å². The number of thiazole rings is 1. The summed E-state index contributed by atoms with van der Waals surface area (Å²) in [6, 6.07) is 0. The molecule has 2 rings (SSSR count). The molecule has 0 unspecified atom stereocenters. The summed E-state index contributed by atoms with van der Waals surface area (Å²) >= 11 is 1.63. The van der Waals surface area contributed by atoms with Gasteiger partial charge in [-0.3, -0.25) is 0 Å². The lowest BCUT2D eigenvalue weighted by molar-refractivity contribution is 1.27. The van der Waals surface area contributed by atoms with Crippen molar-refractivity contribution in [2.45, 2.75) is 0 Å². The average molecular weight is 127 g/mol. The van der Waals surface area contributed by atoms with E-state index in [2.05, 4.69) is 15.6 Å². The van der Waals surface area contributed by atoms with Gasteiger partial charge >= 0.3 is 0 Å². The lowest BCUT2D eigenvalue weighted by Gasteiger charge is -1.85. The van der Waals surface area contributed by atoms with E-state index >= 15 is 0 Å². The Morgan fingerprint density at radius 1 is 1.62 bits per heavy atom. The minimum Gasteiger partial charge on any atom is -0.357 e. The van der Waals surface area contributed by atoms with Gasteiger partial charge in [0, 0.05) is 0 Å². The van der Waals surface area contributed by atoms with Gasteiger partial charge in [-0.05, 0) is 0 Å². The highest BCUT2D eigenvalue weighted by Crippen LogP contribution is 2.27. The third-order valence-electron chi connectivity index (χ3n) is 1.07. The van der Waals surface area contributed by atoms with Crippen LogP contribution < -0.4 is 10.6 Å². The first-order valence-corrected chi connectivity index (χ1v) is 3.26. The summed E-state index contributed by atoms with van der Waals surface area (Å²) in [7, 11) is 0. The molecule has 1 aromatic rings. The van der Waals surface area contributed by atoms with Crippen molar-refractivity contribution in [1.82, 2.24) is 4.98 Å². The highest BCUT2D eigenvalue weighted by Gasteiger charge is 2.09. The van der Waals surface area contributed by atoms with Crippen LogP contribution in [0.1, 0.15) is 0 Å². The maximum absolute atomic E-state index is 4.04. The van der Waals surface area contributed by atoms with Gasteiger partial charge in [0.2, 0.25) is 0 Å². The third kappa shape index (κ3) is 0.403. The van der Waals surface area contributed by atoms with Gasteiger partial charge in [-0.25, -0.2) is 4.98 Å². The number of hydrogen-bond acceptors (Lipinski definition) is 4. The van der Waals surface area contributed by atoms with E-state index in [0.29, 0.717) is 0 Å². The summed E-state index contributed by atoms with van der Waals surface area (Å²) in [5.74, 6) is 0.995. The molecule has 0 atom stereocenters. The van der Waals surface area contributed by atoms with E-state index in [-0.39, 0.29) is 0 Å². The SMILES string of the molecule is c1nc2c(s1)NCN2. The van der Waals surface area contributed by atoms with Crippen molar-refractivity contribution in [2.75, 3.05) is 17.3 Å². The fraction of sp³-hybridized carbons (Fsp3) is 0.250. The van der Waals surface area contributed by atoms with E-state index in [9.17, 15) is 0 Å². The zero-order valence-electron chi connectivity index (χ0n) is 4.14. The fourth-order valence-corrected chi connectivity index (χ4v) is 1.36. The zero-order valence-corrected chi connectivity index (χ0v) is 4.96. The average Bonchev–Trinajstić information content (AvgIpc) is 2.15. The maximum Gasteiger partial charge on any atom is 0.162 e. The molecule has 1 aromatic heterocycles. The van der Waals surface area contributed by atoms with Gasteiger partial charge in [-0.1, -0.05) is 0 Å². The molecule has 0 saturated heterocycles. The van der Waals surface area contributed by atoms with E-state index in [1.165, 1.54) is 0 Å². The van der Waals surface area contributed by atoms with Gasteiger partial charge in [0.1, 0.15) is 5.00 Å². The molecular formula is C4H5N3S. The molecule has 4 heteroatoms. The van der Waals surface area contributed by atoms with Crippen molar-refractivity contribution in [1.29, 1.82) is 0 Å². The van der Waals surface area contributed by atoms with E-state index in [4.69, 9.17) is 0 Å². The second-order valence-corrected chi connectivity index (χ2v) is 2.42. The van der Waals surface area contributed by atoms with Crippen LogP contribution in [-0.2, 0) is 0 Å². The summed E-state index contributed by atoms with van der Waals surface area (Å²) < 4.78 is 0. The number of hydrogen-bond donors (Lipinski definition) is 2. The predicted octanol–water partition coefficient (Wildman–Crippen LogP) is 0.938. The monoisotopic (exact) mass is 127 g/mol. The maximum atomic E-state index is 4.04. The largest absolute Gasteiger partial charge is 0.357 e. The van der Waals surface area contributed by atoms with E-state index < -0.39 is 0 Å². The Bertz CT molecular complexity index is 176. The molecular weight excluding hydrogens is 122 g/mol. The summed E-state index contributed by atoms with van der Waals surface area (Å²) in [6.45, 7) is 0.828. The highest BCUT2D eigenvalue weighted by molar-refractivity contribution is 7.14. The number of anilines is 2. The summed E-state index contributed by atoms with van der Waals surface area (Å²) in [6.07, 6.45) is 0. The lowest BCUT2D eigenvalue weighted by Crippen LogP contribution is -1.99. The molecule has 0 aromatic carbocycles. The second kappa shape index (κ2) is 1.35. The molecule has 0 saturated carbocycles. The van der Waals surface area contributed by atoms with Crippen LogP contribution in [0.5, 0.6) is 0 Å². The van der Waals surface area contributed by atoms with Crippen LogP contribution in [0.25, 0.3) is 0 Å². The van der Waals surface area contributed by atoms with Gasteiger partial charge in [-0.2, -0.15) is 0 Å². The number of aromatic nitrogens is 1. The molecule has 42 valence electrons. The number of nitrogens with zero attached hydrogens (tertiary/aromatic N) is 1. The molecule has 2 heterocycles. The van der Waals surface area contributed by atoms with E-state index in [1.807, 2.05) is 5.51 Å². The smallest absolute Gasteiger partial charge is 0.162 e. The van der Waals surface area contributed by atoms with Crippen molar-refractivity contribution in [2.24, 2.45) is 0 Å². The Morgan fingerprint density at radius 3 is 3.50 bits per heavy atom. The predicted molar refractivity (Wildman–Crippen MR) is 34.2 cm³/mol. The molecule has 0 aliphatic carbocycles. The summed E-state index contributed by atoms with van der Waals surface area (Å²) in [5.41, 5.74) is 1.82. The quantitative estimate of drug-likeness (QED) is 0.544. The topological polar surface area (TPSA) is 37.0 Å². The van der Waals surface area contributed by atoms with Crippen LogP contribution in [-0.4, -0.2) is 11.7 Å². The fourth-order valence-electron chi connectivity index (χ4n) is 0.706. The lowest BCUT2D eigenvalue weighted by atomic mass is 10.7. The molecule has 3 nitrogen and oxygen atoms in total. The third-order valence-corrected chi connectivity index (χ3v) is 1.86. The summed E-state index contributed by atoms with van der Waals surface area (Å²) in [4.78, 5) is 4.04. The Kier molecular flexibility index (Phi) is 0.700. The first-order valence-electron chi connectivity index (χ1n) is 2.38. The van der Waals surface area contributed by atoms with Crippen LogP contribution in [0.4, 0.5) is 10.8 Å². The molecule has 0 radical (unpaired) electrons. The Labute approximate surface area is 50.8 Å². The molecule has 0 amide bonds. The Hall–Kier alpha value is -0.770. The van der Waals surface area contributed by atoms with Gasteiger partial charge < -0.3 is 10.6 Å². The standard InChI is InChI=1S/C4H5N3S/c1-5-3-4(6-1)8-2-7-3/h2,5-6H,1H2. The van der Waals surface area contributed by atoms with Crippen molar-refractivity contribution in [3.63, 3.8) is 0 Å². The van der Waals surface area contributed by atoms with Crippen LogP contribution in [0.3, 0.4) is 0 Å². The number of nitrogens with one attached hydrogen (secondary N) is 2.